The van der Waals surface area contributed by atoms with E-state index in [2.05, 4.69) is 0 Å². The molecular weight excluding hydrogens is 236 g/mol. The minimum absolute atomic E-state index is 0.0102. The van der Waals surface area contributed by atoms with Gasteiger partial charge in [0.25, 0.3) is 5.79 Å². The smallest absolute Gasteiger partial charge is 0.315 e. The summed E-state index contributed by atoms with van der Waals surface area (Å²) in [6, 6.07) is 0. The molecule has 0 radical (unpaired) electrons. The topological polar surface area (TPSA) is 61.8 Å². The van der Waals surface area contributed by atoms with E-state index in [4.69, 9.17) is 14.2 Å². The van der Waals surface area contributed by atoms with Gasteiger partial charge in [0, 0.05) is 0 Å². The average Bonchev–Trinajstić information content (AvgIpc) is 2.88. The van der Waals surface area contributed by atoms with Gasteiger partial charge in [0.1, 0.15) is 6.10 Å². The van der Waals surface area contributed by atoms with Crippen LogP contribution in [0, 0.1) is 11.3 Å². The molecule has 3 heterocycles. The number of hydrogen-bond donors (Lipinski definition) is 0. The van der Waals surface area contributed by atoms with E-state index >= 15 is 0 Å². The van der Waals surface area contributed by atoms with Crippen molar-refractivity contribution in [1.29, 1.82) is 0 Å². The summed E-state index contributed by atoms with van der Waals surface area (Å²) >= 11 is 0. The van der Waals surface area contributed by atoms with E-state index in [9.17, 15) is 9.59 Å². The normalized spacial score (nSPS) is 41.1. The number of ether oxygens (including phenoxy) is 3. The summed E-state index contributed by atoms with van der Waals surface area (Å²) in [5.41, 5.74) is -0.568. The number of hydrogen-bond acceptors (Lipinski definition) is 5. The Morgan fingerprint density at radius 1 is 1.56 bits per heavy atom. The van der Waals surface area contributed by atoms with Crippen molar-refractivity contribution in [1.82, 2.24) is 0 Å². The van der Waals surface area contributed by atoms with Crippen molar-refractivity contribution in [2.75, 3.05) is 0 Å². The van der Waals surface area contributed by atoms with Gasteiger partial charge in [-0.25, -0.2) is 0 Å². The lowest BCUT2D eigenvalue weighted by Crippen LogP contribution is -2.45. The Kier molecular flexibility index (Phi) is 2.31. The van der Waals surface area contributed by atoms with Gasteiger partial charge in [-0.1, -0.05) is 6.92 Å². The Hall–Kier alpha value is -1.10. The first-order chi connectivity index (χ1) is 8.38. The first kappa shape index (κ1) is 12.0. The molecule has 0 aromatic heterocycles. The van der Waals surface area contributed by atoms with Crippen LogP contribution in [0.5, 0.6) is 0 Å². The Labute approximate surface area is 106 Å². The van der Waals surface area contributed by atoms with Gasteiger partial charge in [-0.05, 0) is 26.7 Å². The highest BCUT2D eigenvalue weighted by atomic mass is 16.8. The molecule has 4 unspecified atom stereocenters. The lowest BCUT2D eigenvalue weighted by molar-refractivity contribution is -0.228. The Balaban J connectivity index is 1.81. The van der Waals surface area contributed by atoms with Crippen molar-refractivity contribution < 1.29 is 23.8 Å². The standard InChI is InChI=1S/C13H18O5/c1-4-12(2,3)11(15)18-13-6-7-5-8(9(13)16-7)10(14)17-13/h7-9H,4-6H2,1-3H3. The molecule has 3 aliphatic rings. The second-order valence-corrected chi connectivity index (χ2v) is 6.08. The zero-order chi connectivity index (χ0) is 13.1. The van der Waals surface area contributed by atoms with Crippen LogP contribution in [0.1, 0.15) is 40.0 Å². The van der Waals surface area contributed by atoms with E-state index in [0.717, 1.165) is 0 Å². The molecule has 3 aliphatic heterocycles. The van der Waals surface area contributed by atoms with Gasteiger partial charge in [0.2, 0.25) is 0 Å². The quantitative estimate of drug-likeness (QED) is 0.712. The fraction of sp³-hybridized carbons (Fsp3) is 0.846. The van der Waals surface area contributed by atoms with E-state index < -0.39 is 17.3 Å². The van der Waals surface area contributed by atoms with Crippen molar-refractivity contribution in [3.63, 3.8) is 0 Å². The molecule has 2 bridgehead atoms. The van der Waals surface area contributed by atoms with Crippen LogP contribution >= 0.6 is 0 Å². The van der Waals surface area contributed by atoms with Crippen LogP contribution in [-0.2, 0) is 23.8 Å². The second kappa shape index (κ2) is 3.47. The van der Waals surface area contributed by atoms with Gasteiger partial charge in [-0.3, -0.25) is 9.59 Å². The molecule has 4 atom stereocenters. The summed E-state index contributed by atoms with van der Waals surface area (Å²) in [5, 5.41) is 0. The third kappa shape index (κ3) is 1.43. The molecule has 0 aromatic carbocycles. The van der Waals surface area contributed by atoms with Crippen molar-refractivity contribution in [3.8, 4) is 0 Å². The maximum Gasteiger partial charge on any atom is 0.315 e. The molecule has 0 spiro atoms. The minimum atomic E-state index is -1.14. The lowest BCUT2D eigenvalue weighted by atomic mass is 9.86. The van der Waals surface area contributed by atoms with E-state index in [1.165, 1.54) is 0 Å². The molecule has 5 nitrogen and oxygen atoms in total. The van der Waals surface area contributed by atoms with Gasteiger partial charge in [0.05, 0.1) is 23.9 Å². The second-order valence-electron chi connectivity index (χ2n) is 6.08. The molecule has 0 N–H and O–H groups in total. The fourth-order valence-electron chi connectivity index (χ4n) is 2.87. The number of esters is 2. The maximum atomic E-state index is 12.1. The number of rotatable bonds is 3. The largest absolute Gasteiger partial charge is 0.419 e. The molecule has 0 saturated carbocycles. The van der Waals surface area contributed by atoms with Crippen LogP contribution in [0.2, 0.25) is 0 Å². The van der Waals surface area contributed by atoms with Crippen LogP contribution < -0.4 is 0 Å². The Bertz CT molecular complexity index is 416. The molecule has 100 valence electrons. The average molecular weight is 254 g/mol. The van der Waals surface area contributed by atoms with E-state index in [0.29, 0.717) is 19.3 Å². The molecule has 0 aliphatic carbocycles. The van der Waals surface area contributed by atoms with Crippen molar-refractivity contribution in [2.45, 2.75) is 58.0 Å². The molecule has 3 saturated heterocycles. The Morgan fingerprint density at radius 3 is 2.89 bits per heavy atom. The molecule has 0 aromatic rings. The first-order valence-electron chi connectivity index (χ1n) is 6.50. The number of carbonyl (C=O) groups is 2. The van der Waals surface area contributed by atoms with Gasteiger partial charge < -0.3 is 14.2 Å². The van der Waals surface area contributed by atoms with Crippen LogP contribution in [-0.4, -0.2) is 29.9 Å². The zero-order valence-electron chi connectivity index (χ0n) is 10.9. The van der Waals surface area contributed by atoms with Gasteiger partial charge in [-0.2, -0.15) is 0 Å². The Morgan fingerprint density at radius 2 is 2.28 bits per heavy atom. The fourth-order valence-corrected chi connectivity index (χ4v) is 2.87. The molecular formula is C13H18O5. The highest BCUT2D eigenvalue weighted by Gasteiger charge is 2.70. The van der Waals surface area contributed by atoms with E-state index in [1.54, 1.807) is 0 Å². The minimum Gasteiger partial charge on any atom is -0.419 e. The first-order valence-corrected chi connectivity index (χ1v) is 6.50. The SMILES string of the molecule is CCC(C)(C)C(=O)OC12CC3CC(C(=O)O1)C2O3. The summed E-state index contributed by atoms with van der Waals surface area (Å²) in [5.74, 6) is -2.01. The number of fused-ring (bicyclic) bond motifs is 1. The molecule has 0 amide bonds. The predicted octanol–water partition coefficient (Wildman–Crippen LogP) is 1.40. The third-order valence-electron chi connectivity index (χ3n) is 4.45. The molecule has 3 fully saturated rings. The number of carbonyl (C=O) groups excluding carboxylic acids is 2. The van der Waals surface area contributed by atoms with Gasteiger partial charge in [0.15, 0.2) is 0 Å². The highest BCUT2D eigenvalue weighted by molar-refractivity contribution is 5.80. The van der Waals surface area contributed by atoms with Crippen LogP contribution in [0.25, 0.3) is 0 Å². The zero-order valence-corrected chi connectivity index (χ0v) is 10.9. The maximum absolute atomic E-state index is 12.1. The van der Waals surface area contributed by atoms with E-state index in [1.807, 2.05) is 20.8 Å². The van der Waals surface area contributed by atoms with Crippen LogP contribution in [0.4, 0.5) is 0 Å². The van der Waals surface area contributed by atoms with E-state index in [-0.39, 0.29) is 24.0 Å². The monoisotopic (exact) mass is 254 g/mol. The predicted molar refractivity (Wildman–Crippen MR) is 60.4 cm³/mol. The van der Waals surface area contributed by atoms with Crippen LogP contribution in [0.3, 0.4) is 0 Å². The summed E-state index contributed by atoms with van der Waals surface area (Å²) < 4.78 is 16.5. The molecule has 5 heteroatoms. The van der Waals surface area contributed by atoms with Crippen molar-refractivity contribution in [3.05, 3.63) is 0 Å². The highest BCUT2D eigenvalue weighted by Crippen LogP contribution is 2.53. The van der Waals surface area contributed by atoms with Crippen LogP contribution in [0.15, 0.2) is 0 Å². The van der Waals surface area contributed by atoms with Crippen molar-refractivity contribution >= 4 is 11.9 Å². The molecule has 18 heavy (non-hydrogen) atoms. The van der Waals surface area contributed by atoms with Crippen molar-refractivity contribution in [2.24, 2.45) is 11.3 Å². The molecule has 3 rings (SSSR count). The summed E-state index contributed by atoms with van der Waals surface area (Å²) in [6.45, 7) is 5.59. The van der Waals surface area contributed by atoms with Gasteiger partial charge in [-0.15, -0.1) is 0 Å². The van der Waals surface area contributed by atoms with Gasteiger partial charge >= 0.3 is 11.9 Å². The third-order valence-corrected chi connectivity index (χ3v) is 4.45. The summed E-state index contributed by atoms with van der Waals surface area (Å²) in [4.78, 5) is 23.9. The lowest BCUT2D eigenvalue weighted by Gasteiger charge is -2.31. The summed E-state index contributed by atoms with van der Waals surface area (Å²) in [6.07, 6.45) is 1.44. The summed E-state index contributed by atoms with van der Waals surface area (Å²) in [7, 11) is 0.